The lowest BCUT2D eigenvalue weighted by molar-refractivity contribution is 0.421. The van der Waals surface area contributed by atoms with Gasteiger partial charge in [-0.05, 0) is 54.9 Å². The van der Waals surface area contributed by atoms with Gasteiger partial charge in [0.2, 0.25) is 5.89 Å². The molecule has 0 saturated heterocycles. The Hall–Kier alpha value is -0.650. The van der Waals surface area contributed by atoms with Crippen molar-refractivity contribution in [2.24, 2.45) is 0 Å². The quantitative estimate of drug-likeness (QED) is 0.825. The zero-order chi connectivity index (χ0) is 14.0. The van der Waals surface area contributed by atoms with Crippen molar-refractivity contribution >= 4 is 31.9 Å². The number of nitrogens with zero attached hydrogens (tertiary/aromatic N) is 1. The fourth-order valence-corrected chi connectivity index (χ4v) is 2.75. The summed E-state index contributed by atoms with van der Waals surface area (Å²) < 4.78 is 7.52. The summed E-state index contributed by atoms with van der Waals surface area (Å²) in [6, 6.07) is 5.92. The molecular formula is C14H16Br2N2O. The van der Waals surface area contributed by atoms with Gasteiger partial charge in [-0.15, -0.1) is 0 Å². The van der Waals surface area contributed by atoms with Crippen LogP contribution in [-0.4, -0.2) is 10.5 Å². The Morgan fingerprint density at radius 1 is 1.26 bits per heavy atom. The van der Waals surface area contributed by atoms with Crippen LogP contribution in [0.3, 0.4) is 0 Å². The first-order valence-corrected chi connectivity index (χ1v) is 7.58. The van der Waals surface area contributed by atoms with E-state index < -0.39 is 0 Å². The molecule has 0 aliphatic carbocycles. The van der Waals surface area contributed by atoms with Gasteiger partial charge in [0.05, 0.1) is 11.3 Å². The fraction of sp³-hybridized carbons (Fsp3) is 0.357. The fourth-order valence-electron chi connectivity index (χ4n) is 1.53. The van der Waals surface area contributed by atoms with E-state index in [1.54, 1.807) is 6.26 Å². The highest BCUT2D eigenvalue weighted by atomic mass is 79.9. The molecule has 0 radical (unpaired) electrons. The van der Waals surface area contributed by atoms with Gasteiger partial charge in [0, 0.05) is 21.0 Å². The predicted molar refractivity (Wildman–Crippen MR) is 83.9 cm³/mol. The molecule has 0 saturated carbocycles. The molecular weight excluding hydrogens is 372 g/mol. The Bertz CT molecular complexity index is 573. The van der Waals surface area contributed by atoms with E-state index >= 15 is 0 Å². The van der Waals surface area contributed by atoms with Gasteiger partial charge in [-0.3, -0.25) is 0 Å². The average molecular weight is 388 g/mol. The van der Waals surface area contributed by atoms with Crippen LogP contribution in [0.15, 0.2) is 37.8 Å². The van der Waals surface area contributed by atoms with Crippen LogP contribution in [0, 0.1) is 0 Å². The number of nitrogens with one attached hydrogen (secondary N) is 1. The zero-order valence-electron chi connectivity index (χ0n) is 11.1. The van der Waals surface area contributed by atoms with Gasteiger partial charge < -0.3 is 9.73 Å². The van der Waals surface area contributed by atoms with Gasteiger partial charge in [0.1, 0.15) is 6.26 Å². The average Bonchev–Trinajstić information content (AvgIpc) is 2.74. The highest BCUT2D eigenvalue weighted by molar-refractivity contribution is 9.11. The molecule has 5 heteroatoms. The Morgan fingerprint density at radius 2 is 2.00 bits per heavy atom. The minimum Gasteiger partial charge on any atom is -0.444 e. The summed E-state index contributed by atoms with van der Waals surface area (Å²) in [7, 11) is 0. The van der Waals surface area contributed by atoms with Gasteiger partial charge in [0.25, 0.3) is 0 Å². The second kappa shape index (κ2) is 5.77. The summed E-state index contributed by atoms with van der Waals surface area (Å²) in [5.74, 6) is 0.630. The molecule has 1 N–H and O–H groups in total. The normalized spacial score (nSPS) is 11.8. The van der Waals surface area contributed by atoms with Crippen LogP contribution in [0.25, 0.3) is 11.5 Å². The van der Waals surface area contributed by atoms with E-state index in [0.717, 1.165) is 20.2 Å². The maximum Gasteiger partial charge on any atom is 0.227 e. The maximum atomic E-state index is 5.54. The van der Waals surface area contributed by atoms with Crippen molar-refractivity contribution < 1.29 is 4.42 Å². The third kappa shape index (κ3) is 4.16. The highest BCUT2D eigenvalue weighted by Gasteiger charge is 2.13. The largest absolute Gasteiger partial charge is 0.444 e. The number of hydrogen-bond acceptors (Lipinski definition) is 3. The molecule has 3 nitrogen and oxygen atoms in total. The van der Waals surface area contributed by atoms with Crippen molar-refractivity contribution in [1.29, 1.82) is 0 Å². The summed E-state index contributed by atoms with van der Waals surface area (Å²) in [6.45, 7) is 7.07. The van der Waals surface area contributed by atoms with Crippen LogP contribution in [-0.2, 0) is 6.54 Å². The van der Waals surface area contributed by atoms with Crippen LogP contribution < -0.4 is 5.32 Å². The first-order valence-electron chi connectivity index (χ1n) is 6.00. The number of benzene rings is 1. The van der Waals surface area contributed by atoms with E-state index in [9.17, 15) is 0 Å². The molecule has 0 atom stereocenters. The lowest BCUT2D eigenvalue weighted by Gasteiger charge is -2.19. The molecule has 2 rings (SSSR count). The molecule has 0 fully saturated rings. The third-order valence-electron chi connectivity index (χ3n) is 2.51. The molecule has 0 spiro atoms. The topological polar surface area (TPSA) is 38.1 Å². The molecule has 102 valence electrons. The Labute approximate surface area is 130 Å². The number of oxazole rings is 1. The first-order chi connectivity index (χ1) is 8.85. The van der Waals surface area contributed by atoms with Crippen LogP contribution in [0.2, 0.25) is 0 Å². The summed E-state index contributed by atoms with van der Waals surface area (Å²) in [5.41, 5.74) is 1.92. The molecule has 0 amide bonds. The van der Waals surface area contributed by atoms with Gasteiger partial charge in [-0.1, -0.05) is 15.9 Å². The molecule has 2 aromatic rings. The Balaban J connectivity index is 2.16. The first kappa shape index (κ1) is 14.8. The van der Waals surface area contributed by atoms with Crippen LogP contribution in [0.5, 0.6) is 0 Å². The minimum atomic E-state index is 0.0668. The van der Waals surface area contributed by atoms with Gasteiger partial charge in [-0.25, -0.2) is 4.98 Å². The molecule has 1 heterocycles. The monoisotopic (exact) mass is 386 g/mol. The second-order valence-corrected chi connectivity index (χ2v) is 7.14. The van der Waals surface area contributed by atoms with Gasteiger partial charge in [-0.2, -0.15) is 0 Å². The molecule has 19 heavy (non-hydrogen) atoms. The van der Waals surface area contributed by atoms with Crippen molar-refractivity contribution in [2.45, 2.75) is 32.9 Å². The van der Waals surface area contributed by atoms with E-state index in [-0.39, 0.29) is 5.54 Å². The Morgan fingerprint density at radius 3 is 2.63 bits per heavy atom. The smallest absolute Gasteiger partial charge is 0.227 e. The zero-order valence-corrected chi connectivity index (χ0v) is 14.3. The standard InChI is InChI=1S/C14H16Br2N2O/c1-14(2,3)17-7-10-8-19-13(18-10)11-5-4-9(15)6-12(11)16/h4-6,8,17H,7H2,1-3H3. The molecule has 0 bridgehead atoms. The minimum absolute atomic E-state index is 0.0668. The SMILES string of the molecule is CC(C)(C)NCc1coc(-c2ccc(Br)cc2Br)n1. The number of aromatic nitrogens is 1. The maximum absolute atomic E-state index is 5.54. The molecule has 0 unspecified atom stereocenters. The third-order valence-corrected chi connectivity index (χ3v) is 3.66. The molecule has 1 aromatic carbocycles. The van der Waals surface area contributed by atoms with Crippen LogP contribution in [0.4, 0.5) is 0 Å². The van der Waals surface area contributed by atoms with Gasteiger partial charge >= 0.3 is 0 Å². The molecule has 0 aliphatic rings. The van der Waals surface area contributed by atoms with Crippen molar-refractivity contribution in [2.75, 3.05) is 0 Å². The van der Waals surface area contributed by atoms with E-state index in [2.05, 4.69) is 62.9 Å². The summed E-state index contributed by atoms with van der Waals surface area (Å²) in [6.07, 6.45) is 1.70. The lowest BCUT2D eigenvalue weighted by atomic mass is 10.1. The van der Waals surface area contributed by atoms with Crippen LogP contribution >= 0.6 is 31.9 Å². The Kier molecular flexibility index (Phi) is 4.48. The summed E-state index contributed by atoms with van der Waals surface area (Å²) in [5, 5.41) is 3.38. The van der Waals surface area contributed by atoms with Crippen molar-refractivity contribution in [3.05, 3.63) is 39.1 Å². The highest BCUT2D eigenvalue weighted by Crippen LogP contribution is 2.30. The van der Waals surface area contributed by atoms with Crippen molar-refractivity contribution in [3.8, 4) is 11.5 Å². The number of hydrogen-bond donors (Lipinski definition) is 1. The van der Waals surface area contributed by atoms with E-state index in [1.807, 2.05) is 18.2 Å². The summed E-state index contributed by atoms with van der Waals surface area (Å²) >= 11 is 6.95. The molecule has 0 aliphatic heterocycles. The van der Waals surface area contributed by atoms with Gasteiger partial charge in [0.15, 0.2) is 0 Å². The van der Waals surface area contributed by atoms with E-state index in [4.69, 9.17) is 4.42 Å². The summed E-state index contributed by atoms with van der Waals surface area (Å²) in [4.78, 5) is 4.50. The van der Waals surface area contributed by atoms with E-state index in [1.165, 1.54) is 0 Å². The van der Waals surface area contributed by atoms with Crippen molar-refractivity contribution in [3.63, 3.8) is 0 Å². The number of halogens is 2. The number of rotatable bonds is 3. The van der Waals surface area contributed by atoms with Crippen LogP contribution in [0.1, 0.15) is 26.5 Å². The lowest BCUT2D eigenvalue weighted by Crippen LogP contribution is -2.35. The van der Waals surface area contributed by atoms with Crippen molar-refractivity contribution in [1.82, 2.24) is 10.3 Å². The predicted octanol–water partition coefficient (Wildman–Crippen LogP) is 4.75. The second-order valence-electron chi connectivity index (χ2n) is 5.37. The molecule has 1 aromatic heterocycles. The van der Waals surface area contributed by atoms with E-state index in [0.29, 0.717) is 12.4 Å².